The van der Waals surface area contributed by atoms with E-state index in [1.165, 1.54) is 0 Å². The minimum absolute atomic E-state index is 0.00343. The van der Waals surface area contributed by atoms with Crippen molar-refractivity contribution in [2.75, 3.05) is 0 Å². The standard InChI is InChI=1S/C12H14NO2/c1-12(2)10(8-11(14)13(12)15)9-6-4-3-5-7-9/h3-7,10H,8H2,1-2H3. The zero-order chi connectivity index (χ0) is 11.1. The van der Waals surface area contributed by atoms with Crippen molar-refractivity contribution in [1.82, 2.24) is 5.06 Å². The average Bonchev–Trinajstić information content (AvgIpc) is 2.43. The Bertz CT molecular complexity index is 372. The van der Waals surface area contributed by atoms with Crippen LogP contribution in [0, 0.1) is 0 Å². The fraction of sp³-hybridized carbons (Fsp3) is 0.417. The molecule has 1 heterocycles. The number of hydrogen-bond donors (Lipinski definition) is 0. The van der Waals surface area contributed by atoms with Crippen LogP contribution in [0.1, 0.15) is 31.7 Å². The molecule has 1 radical (unpaired) electrons. The normalized spacial score (nSPS) is 24.6. The third-order valence-corrected chi connectivity index (χ3v) is 3.18. The second kappa shape index (κ2) is 3.35. The summed E-state index contributed by atoms with van der Waals surface area (Å²) in [5.74, 6) is -0.308. The van der Waals surface area contributed by atoms with E-state index >= 15 is 0 Å². The summed E-state index contributed by atoms with van der Waals surface area (Å²) in [6.45, 7) is 3.64. The minimum atomic E-state index is -0.627. The molecule has 1 amide bonds. The number of rotatable bonds is 1. The van der Waals surface area contributed by atoms with Crippen molar-refractivity contribution in [3.63, 3.8) is 0 Å². The summed E-state index contributed by atoms with van der Waals surface area (Å²) in [6, 6.07) is 9.74. The van der Waals surface area contributed by atoms with Gasteiger partial charge in [0.05, 0.1) is 5.54 Å². The first-order valence-corrected chi connectivity index (χ1v) is 5.08. The highest BCUT2D eigenvalue weighted by Crippen LogP contribution is 2.41. The molecule has 3 nitrogen and oxygen atoms in total. The molecule has 1 aliphatic heterocycles. The zero-order valence-electron chi connectivity index (χ0n) is 8.93. The van der Waals surface area contributed by atoms with Gasteiger partial charge in [0.1, 0.15) is 0 Å². The van der Waals surface area contributed by atoms with Gasteiger partial charge in [-0.1, -0.05) is 35.5 Å². The maximum atomic E-state index is 11.6. The van der Waals surface area contributed by atoms with Gasteiger partial charge < -0.3 is 0 Å². The van der Waals surface area contributed by atoms with Gasteiger partial charge in [0.25, 0.3) is 0 Å². The summed E-state index contributed by atoms with van der Waals surface area (Å²) >= 11 is 0. The molecule has 1 aromatic carbocycles. The quantitative estimate of drug-likeness (QED) is 0.690. The first kappa shape index (κ1) is 10.2. The molecule has 1 fully saturated rings. The predicted octanol–water partition coefficient (Wildman–Crippen LogP) is 2.13. The van der Waals surface area contributed by atoms with Crippen molar-refractivity contribution in [3.05, 3.63) is 35.9 Å². The van der Waals surface area contributed by atoms with E-state index in [0.717, 1.165) is 5.56 Å². The van der Waals surface area contributed by atoms with Crippen LogP contribution in [0.2, 0.25) is 0 Å². The van der Waals surface area contributed by atoms with Crippen LogP contribution in [-0.2, 0) is 10.0 Å². The summed E-state index contributed by atoms with van der Waals surface area (Å²) in [7, 11) is 0. The van der Waals surface area contributed by atoms with Crippen LogP contribution in [0.3, 0.4) is 0 Å². The van der Waals surface area contributed by atoms with Crippen LogP contribution in [0.4, 0.5) is 0 Å². The van der Waals surface area contributed by atoms with Crippen LogP contribution in [0.5, 0.6) is 0 Å². The lowest BCUT2D eigenvalue weighted by atomic mass is 9.83. The molecule has 0 spiro atoms. The molecule has 0 N–H and O–H groups in total. The number of carbonyl (C=O) groups is 1. The van der Waals surface area contributed by atoms with E-state index in [0.29, 0.717) is 11.5 Å². The van der Waals surface area contributed by atoms with E-state index in [-0.39, 0.29) is 11.8 Å². The molecule has 1 unspecified atom stereocenters. The molecule has 0 aliphatic carbocycles. The second-order valence-electron chi connectivity index (χ2n) is 4.51. The van der Waals surface area contributed by atoms with Crippen molar-refractivity contribution in [1.29, 1.82) is 0 Å². The highest BCUT2D eigenvalue weighted by Gasteiger charge is 2.47. The Morgan fingerprint density at radius 3 is 2.33 bits per heavy atom. The number of carbonyl (C=O) groups excluding carboxylic acids is 1. The molecule has 1 aliphatic rings. The van der Waals surface area contributed by atoms with Crippen molar-refractivity contribution in [2.45, 2.75) is 31.7 Å². The third-order valence-electron chi connectivity index (χ3n) is 3.18. The van der Waals surface area contributed by atoms with Crippen LogP contribution < -0.4 is 0 Å². The molecular formula is C12H14NO2. The Morgan fingerprint density at radius 1 is 1.27 bits per heavy atom. The van der Waals surface area contributed by atoms with Crippen LogP contribution in [0.15, 0.2) is 30.3 Å². The van der Waals surface area contributed by atoms with E-state index in [1.807, 2.05) is 44.2 Å². The van der Waals surface area contributed by atoms with Crippen LogP contribution in [-0.4, -0.2) is 16.5 Å². The van der Waals surface area contributed by atoms with E-state index in [9.17, 15) is 10.0 Å². The van der Waals surface area contributed by atoms with Crippen molar-refractivity contribution in [2.24, 2.45) is 0 Å². The van der Waals surface area contributed by atoms with E-state index in [4.69, 9.17) is 0 Å². The molecule has 1 saturated heterocycles. The highest BCUT2D eigenvalue weighted by molar-refractivity contribution is 5.80. The van der Waals surface area contributed by atoms with Crippen molar-refractivity contribution < 1.29 is 10.0 Å². The van der Waals surface area contributed by atoms with E-state index in [2.05, 4.69) is 0 Å². The van der Waals surface area contributed by atoms with Crippen LogP contribution >= 0.6 is 0 Å². The van der Waals surface area contributed by atoms with Crippen molar-refractivity contribution >= 4 is 5.91 Å². The average molecular weight is 204 g/mol. The Balaban J connectivity index is 2.36. The maximum absolute atomic E-state index is 11.6. The smallest absolute Gasteiger partial charge is 0.249 e. The van der Waals surface area contributed by atoms with E-state index in [1.54, 1.807) is 0 Å². The minimum Gasteiger partial charge on any atom is -0.272 e. The molecule has 3 heteroatoms. The van der Waals surface area contributed by atoms with Gasteiger partial charge in [-0.2, -0.15) is 5.06 Å². The Kier molecular flexibility index (Phi) is 2.27. The molecule has 79 valence electrons. The molecule has 15 heavy (non-hydrogen) atoms. The second-order valence-corrected chi connectivity index (χ2v) is 4.51. The van der Waals surface area contributed by atoms with Gasteiger partial charge in [0.2, 0.25) is 5.91 Å². The highest BCUT2D eigenvalue weighted by atomic mass is 16.5. The number of benzene rings is 1. The molecule has 1 aromatic rings. The summed E-state index contributed by atoms with van der Waals surface area (Å²) in [4.78, 5) is 11.4. The van der Waals surface area contributed by atoms with Crippen LogP contribution in [0.25, 0.3) is 0 Å². The number of amides is 1. The zero-order valence-corrected chi connectivity index (χ0v) is 8.93. The molecular weight excluding hydrogens is 190 g/mol. The van der Waals surface area contributed by atoms with Crippen molar-refractivity contribution in [3.8, 4) is 0 Å². The SMILES string of the molecule is CC1(C)C(c2ccccc2)CC(=O)N1[O]. The predicted molar refractivity (Wildman–Crippen MR) is 55.4 cm³/mol. The Morgan fingerprint density at radius 2 is 1.87 bits per heavy atom. The van der Waals surface area contributed by atoms with Gasteiger partial charge in [-0.05, 0) is 19.4 Å². The number of nitrogens with zero attached hydrogens (tertiary/aromatic N) is 1. The van der Waals surface area contributed by atoms with Gasteiger partial charge >= 0.3 is 0 Å². The first-order chi connectivity index (χ1) is 7.03. The maximum Gasteiger partial charge on any atom is 0.249 e. The fourth-order valence-corrected chi connectivity index (χ4v) is 2.18. The van der Waals surface area contributed by atoms with Gasteiger partial charge in [-0.3, -0.25) is 4.79 Å². The topological polar surface area (TPSA) is 40.2 Å². The number of hydrogen-bond acceptors (Lipinski definition) is 1. The monoisotopic (exact) mass is 204 g/mol. The lowest BCUT2D eigenvalue weighted by molar-refractivity contribution is -0.206. The fourth-order valence-electron chi connectivity index (χ4n) is 2.18. The largest absolute Gasteiger partial charge is 0.272 e. The van der Waals surface area contributed by atoms with E-state index < -0.39 is 5.54 Å². The lowest BCUT2D eigenvalue weighted by Crippen LogP contribution is -2.39. The molecule has 2 rings (SSSR count). The summed E-state index contributed by atoms with van der Waals surface area (Å²) in [5, 5.41) is 12.2. The summed E-state index contributed by atoms with van der Waals surface area (Å²) < 4.78 is 0. The summed E-state index contributed by atoms with van der Waals surface area (Å²) in [6.07, 6.45) is 0.320. The third kappa shape index (κ3) is 1.53. The molecule has 0 aromatic heterocycles. The lowest BCUT2D eigenvalue weighted by Gasteiger charge is -2.29. The molecule has 1 atom stereocenters. The summed E-state index contributed by atoms with van der Waals surface area (Å²) in [5.41, 5.74) is 0.438. The van der Waals surface area contributed by atoms with Gasteiger partial charge in [0, 0.05) is 12.3 Å². The van der Waals surface area contributed by atoms with Gasteiger partial charge in [-0.25, -0.2) is 0 Å². The molecule has 0 saturated carbocycles. The Labute approximate surface area is 89.3 Å². The molecule has 0 bridgehead atoms. The van der Waals surface area contributed by atoms with Gasteiger partial charge in [-0.15, -0.1) is 0 Å². The number of hydroxylamine groups is 2. The van der Waals surface area contributed by atoms with Gasteiger partial charge in [0.15, 0.2) is 0 Å². The Hall–Kier alpha value is -1.35. The first-order valence-electron chi connectivity index (χ1n) is 5.08.